The fraction of sp³-hybridized carbons (Fsp3) is 0.538. The van der Waals surface area contributed by atoms with E-state index in [4.69, 9.17) is 0 Å². The van der Waals surface area contributed by atoms with Crippen molar-refractivity contribution in [3.05, 3.63) is 29.3 Å². The summed E-state index contributed by atoms with van der Waals surface area (Å²) in [4.78, 5) is 2.34. The summed E-state index contributed by atoms with van der Waals surface area (Å²) in [5.74, 6) is 0. The topological polar surface area (TPSA) is 15.3 Å². The van der Waals surface area contributed by atoms with Crippen LogP contribution in [0.2, 0.25) is 0 Å². The Bertz CT molecular complexity index is 346. The van der Waals surface area contributed by atoms with E-state index in [0.29, 0.717) is 6.04 Å². The van der Waals surface area contributed by atoms with Crippen molar-refractivity contribution in [1.82, 2.24) is 4.90 Å². The summed E-state index contributed by atoms with van der Waals surface area (Å²) in [5, 5.41) is 3.52. The van der Waals surface area contributed by atoms with Gasteiger partial charge in [0.05, 0.1) is 0 Å². The number of rotatable bonds is 3. The predicted molar refractivity (Wildman–Crippen MR) is 65.0 cm³/mol. The molecule has 0 radical (unpaired) electrons. The molecule has 2 heteroatoms. The molecule has 2 rings (SSSR count). The molecule has 1 unspecified atom stereocenters. The molecule has 1 atom stereocenters. The second-order valence-electron chi connectivity index (χ2n) is 4.61. The van der Waals surface area contributed by atoms with Crippen LogP contribution in [0.4, 0.5) is 5.69 Å². The van der Waals surface area contributed by atoms with Crippen LogP contribution in [0.5, 0.6) is 0 Å². The molecule has 0 aliphatic carbocycles. The first kappa shape index (κ1) is 10.5. The lowest BCUT2D eigenvalue weighted by atomic mass is 10.1. The van der Waals surface area contributed by atoms with Gasteiger partial charge in [0.2, 0.25) is 0 Å². The fourth-order valence-electron chi connectivity index (χ4n) is 2.04. The lowest BCUT2D eigenvalue weighted by Crippen LogP contribution is -2.13. The quantitative estimate of drug-likeness (QED) is 0.814. The molecule has 0 saturated heterocycles. The Morgan fingerprint density at radius 1 is 1.33 bits per heavy atom. The third-order valence-corrected chi connectivity index (χ3v) is 3.11. The molecular formula is C13H20N2. The summed E-state index contributed by atoms with van der Waals surface area (Å²) in [6, 6.07) is 7.31. The minimum absolute atomic E-state index is 0.558. The summed E-state index contributed by atoms with van der Waals surface area (Å²) < 4.78 is 0. The first-order valence-electron chi connectivity index (χ1n) is 5.76. The van der Waals surface area contributed by atoms with Gasteiger partial charge in [-0.1, -0.05) is 13.0 Å². The van der Waals surface area contributed by atoms with Gasteiger partial charge in [-0.05, 0) is 43.7 Å². The first-order valence-corrected chi connectivity index (χ1v) is 5.76. The zero-order valence-electron chi connectivity index (χ0n) is 9.88. The van der Waals surface area contributed by atoms with Crippen molar-refractivity contribution in [3.63, 3.8) is 0 Å². The van der Waals surface area contributed by atoms with E-state index in [1.807, 2.05) is 0 Å². The van der Waals surface area contributed by atoms with Gasteiger partial charge >= 0.3 is 0 Å². The molecule has 1 aliphatic rings. The summed E-state index contributed by atoms with van der Waals surface area (Å²) in [7, 11) is 2.17. The van der Waals surface area contributed by atoms with Crippen molar-refractivity contribution in [3.8, 4) is 0 Å². The van der Waals surface area contributed by atoms with Gasteiger partial charge < -0.3 is 5.32 Å². The van der Waals surface area contributed by atoms with Gasteiger partial charge in [-0.25, -0.2) is 0 Å². The van der Waals surface area contributed by atoms with Crippen LogP contribution < -0.4 is 5.32 Å². The molecule has 0 amide bonds. The molecule has 1 aromatic carbocycles. The fourth-order valence-corrected chi connectivity index (χ4v) is 2.04. The Balaban J connectivity index is 2.13. The number of nitrogens with zero attached hydrogens (tertiary/aromatic N) is 1. The monoisotopic (exact) mass is 204 g/mol. The van der Waals surface area contributed by atoms with Crippen molar-refractivity contribution < 1.29 is 0 Å². The first-order chi connectivity index (χ1) is 7.19. The Kier molecular flexibility index (Phi) is 2.96. The molecule has 0 fully saturated rings. The van der Waals surface area contributed by atoms with Gasteiger partial charge in [0.25, 0.3) is 0 Å². The second-order valence-corrected chi connectivity index (χ2v) is 4.61. The number of hydrogen-bond donors (Lipinski definition) is 1. The summed E-state index contributed by atoms with van der Waals surface area (Å²) in [6.07, 6.45) is 1.16. The van der Waals surface area contributed by atoms with E-state index in [1.165, 1.54) is 16.8 Å². The Hall–Kier alpha value is -1.02. The van der Waals surface area contributed by atoms with Crippen molar-refractivity contribution in [2.45, 2.75) is 39.4 Å². The normalized spacial score (nSPS) is 17.5. The standard InChI is InChI=1S/C13H20N2/c1-4-10(2)14-13-6-5-11-8-15(3)9-12(11)7-13/h5-7,10,14H,4,8-9H2,1-3H3. The highest BCUT2D eigenvalue weighted by atomic mass is 15.1. The SMILES string of the molecule is CCC(C)Nc1ccc2c(c1)CN(C)C2. The van der Waals surface area contributed by atoms with Gasteiger partial charge in [0.1, 0.15) is 0 Å². The van der Waals surface area contributed by atoms with Gasteiger partial charge in [-0.15, -0.1) is 0 Å². The van der Waals surface area contributed by atoms with E-state index in [9.17, 15) is 0 Å². The van der Waals surface area contributed by atoms with Gasteiger partial charge in [0, 0.05) is 24.8 Å². The third-order valence-electron chi connectivity index (χ3n) is 3.11. The zero-order chi connectivity index (χ0) is 10.8. The number of fused-ring (bicyclic) bond motifs is 1. The third kappa shape index (κ3) is 2.32. The minimum Gasteiger partial charge on any atom is -0.383 e. The van der Waals surface area contributed by atoms with Crippen LogP contribution in [0.25, 0.3) is 0 Å². The summed E-state index contributed by atoms with van der Waals surface area (Å²) in [6.45, 7) is 6.61. The van der Waals surface area contributed by atoms with Crippen molar-refractivity contribution >= 4 is 5.69 Å². The highest BCUT2D eigenvalue weighted by Crippen LogP contribution is 2.24. The molecule has 0 spiro atoms. The van der Waals surface area contributed by atoms with E-state index >= 15 is 0 Å². The Morgan fingerprint density at radius 2 is 2.07 bits per heavy atom. The minimum atomic E-state index is 0.558. The second kappa shape index (κ2) is 4.23. The zero-order valence-corrected chi connectivity index (χ0v) is 9.88. The number of anilines is 1. The van der Waals surface area contributed by atoms with Crippen LogP contribution in [0.3, 0.4) is 0 Å². The average molecular weight is 204 g/mol. The van der Waals surface area contributed by atoms with Crippen LogP contribution in [-0.2, 0) is 13.1 Å². The van der Waals surface area contributed by atoms with E-state index in [0.717, 1.165) is 19.5 Å². The van der Waals surface area contributed by atoms with E-state index in [-0.39, 0.29) is 0 Å². The number of hydrogen-bond acceptors (Lipinski definition) is 2. The molecule has 1 aromatic rings. The maximum Gasteiger partial charge on any atom is 0.0345 e. The van der Waals surface area contributed by atoms with Crippen LogP contribution >= 0.6 is 0 Å². The van der Waals surface area contributed by atoms with Gasteiger partial charge in [-0.2, -0.15) is 0 Å². The maximum atomic E-state index is 3.52. The molecule has 2 nitrogen and oxygen atoms in total. The van der Waals surface area contributed by atoms with Crippen LogP contribution in [0.15, 0.2) is 18.2 Å². The van der Waals surface area contributed by atoms with Crippen LogP contribution in [0, 0.1) is 0 Å². The van der Waals surface area contributed by atoms with E-state index in [2.05, 4.69) is 49.3 Å². The van der Waals surface area contributed by atoms with Gasteiger partial charge in [-0.3, -0.25) is 4.90 Å². The number of nitrogens with one attached hydrogen (secondary N) is 1. The molecule has 82 valence electrons. The van der Waals surface area contributed by atoms with Crippen molar-refractivity contribution in [2.24, 2.45) is 0 Å². The molecular weight excluding hydrogens is 184 g/mol. The molecule has 1 N–H and O–H groups in total. The highest BCUT2D eigenvalue weighted by molar-refractivity contribution is 5.50. The van der Waals surface area contributed by atoms with Crippen molar-refractivity contribution in [1.29, 1.82) is 0 Å². The predicted octanol–water partition coefficient (Wildman–Crippen LogP) is 2.84. The van der Waals surface area contributed by atoms with Gasteiger partial charge in [0.15, 0.2) is 0 Å². The highest BCUT2D eigenvalue weighted by Gasteiger charge is 2.15. The largest absolute Gasteiger partial charge is 0.383 e. The number of benzene rings is 1. The summed E-state index contributed by atoms with van der Waals surface area (Å²) in [5.41, 5.74) is 4.22. The molecule has 0 aromatic heterocycles. The van der Waals surface area contributed by atoms with E-state index < -0.39 is 0 Å². The van der Waals surface area contributed by atoms with Crippen molar-refractivity contribution in [2.75, 3.05) is 12.4 Å². The lowest BCUT2D eigenvalue weighted by molar-refractivity contribution is 0.353. The smallest absolute Gasteiger partial charge is 0.0345 e. The average Bonchev–Trinajstić information content (AvgIpc) is 2.57. The molecule has 0 saturated carbocycles. The van der Waals surface area contributed by atoms with Crippen LogP contribution in [0.1, 0.15) is 31.4 Å². The van der Waals surface area contributed by atoms with E-state index in [1.54, 1.807) is 0 Å². The molecule has 0 bridgehead atoms. The van der Waals surface area contributed by atoms with Crippen LogP contribution in [-0.4, -0.2) is 18.0 Å². The maximum absolute atomic E-state index is 3.52. The molecule has 15 heavy (non-hydrogen) atoms. The molecule has 1 aliphatic heterocycles. The molecule has 1 heterocycles. The summed E-state index contributed by atoms with van der Waals surface area (Å²) >= 11 is 0. The Labute approximate surface area is 92.3 Å². The lowest BCUT2D eigenvalue weighted by Gasteiger charge is -2.13. The Morgan fingerprint density at radius 3 is 2.80 bits per heavy atom.